The summed E-state index contributed by atoms with van der Waals surface area (Å²) in [6.07, 6.45) is -6.44. The summed E-state index contributed by atoms with van der Waals surface area (Å²) in [6.45, 7) is 1.67. The van der Waals surface area contributed by atoms with Gasteiger partial charge in [-0.2, -0.15) is 31.4 Å². The Hall–Kier alpha value is -2.82. The van der Waals surface area contributed by atoms with Crippen LogP contribution in [-0.4, -0.2) is 50.6 Å². The van der Waals surface area contributed by atoms with E-state index in [9.17, 15) is 31.4 Å². The summed E-state index contributed by atoms with van der Waals surface area (Å²) < 4.78 is 78.3. The van der Waals surface area contributed by atoms with Crippen molar-refractivity contribution in [1.82, 2.24) is 19.7 Å². The molecular formula is C21H20F6N4O. The van der Waals surface area contributed by atoms with Crippen LogP contribution in [0, 0.1) is 12.8 Å². The number of aryl methyl sites for hydroxylation is 1. The molecule has 0 radical (unpaired) electrons. The molecule has 0 spiro atoms. The highest BCUT2D eigenvalue weighted by Gasteiger charge is 2.34. The monoisotopic (exact) mass is 458 g/mol. The van der Waals surface area contributed by atoms with E-state index in [-0.39, 0.29) is 22.7 Å². The minimum Gasteiger partial charge on any atom is -0.507 e. The number of benzene rings is 1. The molecule has 32 heavy (non-hydrogen) atoms. The number of nitrogens with zero attached hydrogens (tertiary/aromatic N) is 4. The van der Waals surface area contributed by atoms with Crippen molar-refractivity contribution in [3.05, 3.63) is 41.6 Å². The van der Waals surface area contributed by atoms with Crippen LogP contribution in [0.1, 0.15) is 17.5 Å². The normalized spacial score (nSPS) is 18.0. The van der Waals surface area contributed by atoms with Crippen molar-refractivity contribution in [2.45, 2.75) is 32.2 Å². The number of hydrogen-bond donors (Lipinski definition) is 1. The lowest BCUT2D eigenvalue weighted by Crippen LogP contribution is -2.32. The number of rotatable bonds is 4. The average molecular weight is 458 g/mol. The standard InChI is InChI=1S/C21H20F6N4O/c1-12-6-15(21(25,26)27)7-17(32)18(12)16-3-2-14-10-31(29-19(14)28-16)9-13-4-5-30(8-13)11-20(22,23)24/h2-3,6-7,10,13,32H,4-5,8-9,11H2,1H3/t13-/m1/s1. The van der Waals surface area contributed by atoms with Gasteiger partial charge in [-0.15, -0.1) is 0 Å². The molecule has 0 amide bonds. The van der Waals surface area contributed by atoms with Crippen LogP contribution in [0.3, 0.4) is 0 Å². The van der Waals surface area contributed by atoms with Crippen LogP contribution in [0.25, 0.3) is 22.3 Å². The number of hydrogen-bond acceptors (Lipinski definition) is 4. The van der Waals surface area contributed by atoms with E-state index in [1.54, 1.807) is 23.0 Å². The first-order chi connectivity index (χ1) is 14.9. The van der Waals surface area contributed by atoms with Crippen molar-refractivity contribution in [2.75, 3.05) is 19.6 Å². The Kier molecular flexibility index (Phi) is 5.56. The van der Waals surface area contributed by atoms with E-state index >= 15 is 0 Å². The summed E-state index contributed by atoms with van der Waals surface area (Å²) in [5, 5.41) is 15.3. The third kappa shape index (κ3) is 4.82. The smallest absolute Gasteiger partial charge is 0.416 e. The molecule has 1 saturated heterocycles. The second-order valence-corrected chi connectivity index (χ2v) is 8.15. The lowest BCUT2D eigenvalue weighted by atomic mass is 10.00. The molecule has 0 saturated carbocycles. The summed E-state index contributed by atoms with van der Waals surface area (Å²) in [7, 11) is 0. The number of aromatic hydroxyl groups is 1. The van der Waals surface area contributed by atoms with Gasteiger partial charge in [0.05, 0.1) is 17.8 Å². The van der Waals surface area contributed by atoms with Crippen molar-refractivity contribution >= 4 is 11.0 Å². The maximum atomic E-state index is 13.0. The Morgan fingerprint density at radius 2 is 1.88 bits per heavy atom. The number of halogens is 6. The fraction of sp³-hybridized carbons (Fsp3) is 0.429. The van der Waals surface area contributed by atoms with Gasteiger partial charge in [0.15, 0.2) is 5.65 Å². The Balaban J connectivity index is 1.54. The van der Waals surface area contributed by atoms with Gasteiger partial charge in [-0.25, -0.2) is 4.98 Å². The van der Waals surface area contributed by atoms with Crippen molar-refractivity contribution in [1.29, 1.82) is 0 Å². The van der Waals surface area contributed by atoms with Crippen LogP contribution in [0.2, 0.25) is 0 Å². The Labute approximate surface area is 179 Å². The molecule has 1 fully saturated rings. The third-order valence-electron chi connectivity index (χ3n) is 5.53. The van der Waals surface area contributed by atoms with Crippen molar-refractivity contribution in [2.24, 2.45) is 5.92 Å². The number of aromatic nitrogens is 3. The van der Waals surface area contributed by atoms with Gasteiger partial charge in [0, 0.05) is 30.2 Å². The lowest BCUT2D eigenvalue weighted by molar-refractivity contribution is -0.143. The minimum absolute atomic E-state index is 0.0207. The van der Waals surface area contributed by atoms with E-state index in [1.165, 1.54) is 11.8 Å². The highest BCUT2D eigenvalue weighted by atomic mass is 19.4. The topological polar surface area (TPSA) is 54.2 Å². The first-order valence-electron chi connectivity index (χ1n) is 9.93. The van der Waals surface area contributed by atoms with Crippen LogP contribution in [0.15, 0.2) is 30.5 Å². The molecule has 1 aliphatic rings. The van der Waals surface area contributed by atoms with Crippen LogP contribution >= 0.6 is 0 Å². The largest absolute Gasteiger partial charge is 0.507 e. The molecule has 1 N–H and O–H groups in total. The number of alkyl halides is 6. The van der Waals surface area contributed by atoms with Crippen molar-refractivity contribution < 1.29 is 31.4 Å². The summed E-state index contributed by atoms with van der Waals surface area (Å²) >= 11 is 0. The van der Waals surface area contributed by atoms with Gasteiger partial charge >= 0.3 is 12.4 Å². The summed E-state index contributed by atoms with van der Waals surface area (Å²) in [5.74, 6) is -0.508. The van der Waals surface area contributed by atoms with Crippen molar-refractivity contribution in [3.63, 3.8) is 0 Å². The first-order valence-corrected chi connectivity index (χ1v) is 9.93. The number of pyridine rings is 1. The molecule has 2 aromatic heterocycles. The molecule has 11 heteroatoms. The van der Waals surface area contributed by atoms with Gasteiger partial charge in [-0.1, -0.05) is 0 Å². The zero-order chi connectivity index (χ0) is 23.3. The first kappa shape index (κ1) is 22.4. The van der Waals surface area contributed by atoms with E-state index in [0.717, 1.165) is 6.07 Å². The Morgan fingerprint density at radius 1 is 1.12 bits per heavy atom. The molecule has 172 valence electrons. The number of phenols is 1. The van der Waals surface area contributed by atoms with Crippen LogP contribution in [0.5, 0.6) is 5.75 Å². The van der Waals surface area contributed by atoms with E-state index in [2.05, 4.69) is 10.1 Å². The Morgan fingerprint density at radius 3 is 2.53 bits per heavy atom. The van der Waals surface area contributed by atoms with E-state index in [0.29, 0.717) is 43.2 Å². The van der Waals surface area contributed by atoms with Gasteiger partial charge in [0.25, 0.3) is 0 Å². The van der Waals surface area contributed by atoms with Crippen LogP contribution in [-0.2, 0) is 12.7 Å². The SMILES string of the molecule is Cc1cc(C(F)(F)F)cc(O)c1-c1ccc2cn(C[C@@H]3CCN(CC(F)(F)F)C3)nc2n1. The molecule has 1 aliphatic heterocycles. The fourth-order valence-electron chi connectivity index (χ4n) is 4.17. The summed E-state index contributed by atoms with van der Waals surface area (Å²) in [6, 6.07) is 4.90. The van der Waals surface area contributed by atoms with E-state index in [4.69, 9.17) is 0 Å². The number of likely N-dealkylation sites (tertiary alicyclic amines) is 1. The van der Waals surface area contributed by atoms with Crippen LogP contribution in [0.4, 0.5) is 26.3 Å². The molecule has 3 heterocycles. The molecule has 0 bridgehead atoms. The van der Waals surface area contributed by atoms with Crippen molar-refractivity contribution in [3.8, 4) is 17.0 Å². The van der Waals surface area contributed by atoms with E-state index < -0.39 is 30.2 Å². The van der Waals surface area contributed by atoms with Gasteiger partial charge in [-0.05, 0) is 55.6 Å². The molecular weight excluding hydrogens is 438 g/mol. The Bertz CT molecular complexity index is 1110. The van der Waals surface area contributed by atoms with E-state index in [1.807, 2.05) is 0 Å². The maximum Gasteiger partial charge on any atom is 0.416 e. The fourth-order valence-corrected chi connectivity index (χ4v) is 4.17. The third-order valence-corrected chi connectivity index (χ3v) is 5.53. The molecule has 4 rings (SSSR count). The summed E-state index contributed by atoms with van der Waals surface area (Å²) in [5.41, 5.74) is 0.0835. The quantitative estimate of drug-likeness (QED) is 0.559. The molecule has 3 aromatic rings. The second-order valence-electron chi connectivity index (χ2n) is 8.15. The second kappa shape index (κ2) is 7.95. The molecule has 1 aromatic carbocycles. The summed E-state index contributed by atoms with van der Waals surface area (Å²) in [4.78, 5) is 5.76. The minimum atomic E-state index is -4.58. The maximum absolute atomic E-state index is 13.0. The van der Waals surface area contributed by atoms with Gasteiger partial charge in [0.2, 0.25) is 0 Å². The molecule has 0 aliphatic carbocycles. The molecule has 5 nitrogen and oxygen atoms in total. The highest BCUT2D eigenvalue weighted by molar-refractivity contribution is 5.80. The zero-order valence-electron chi connectivity index (χ0n) is 17.0. The number of phenolic OH excluding ortho intramolecular Hbond substituents is 1. The van der Waals surface area contributed by atoms with Gasteiger partial charge in [-0.3, -0.25) is 9.58 Å². The predicted molar refractivity (Wildman–Crippen MR) is 105 cm³/mol. The number of fused-ring (bicyclic) bond motifs is 1. The predicted octanol–water partition coefficient (Wildman–Crippen LogP) is 5.02. The lowest BCUT2D eigenvalue weighted by Gasteiger charge is -2.17. The zero-order valence-corrected chi connectivity index (χ0v) is 17.0. The van der Waals surface area contributed by atoms with Gasteiger partial charge in [0.1, 0.15) is 5.75 Å². The highest BCUT2D eigenvalue weighted by Crippen LogP contribution is 2.38. The van der Waals surface area contributed by atoms with Crippen LogP contribution < -0.4 is 0 Å². The van der Waals surface area contributed by atoms with Gasteiger partial charge < -0.3 is 5.11 Å². The average Bonchev–Trinajstić information content (AvgIpc) is 3.24. The molecule has 0 unspecified atom stereocenters. The molecule has 1 atom stereocenters.